The third kappa shape index (κ3) is 15.3. The van der Waals surface area contributed by atoms with Crippen LogP contribution in [0, 0.1) is 0 Å². The normalized spacial score (nSPS) is 13.7. The van der Waals surface area contributed by atoms with Gasteiger partial charge in [0.05, 0.1) is 0 Å². The lowest BCUT2D eigenvalue weighted by Gasteiger charge is -2.40. The smallest absolute Gasteiger partial charge is 0.193 e. The molecule has 0 fully saturated rings. The summed E-state index contributed by atoms with van der Waals surface area (Å²) < 4.78 is 14.0. The number of hydrogen-bond acceptors (Lipinski definition) is 2. The Morgan fingerprint density at radius 3 is 0.812 bits per heavy atom. The van der Waals surface area contributed by atoms with E-state index in [0.29, 0.717) is 0 Å². The molecule has 0 aliphatic rings. The Kier molecular flexibility index (Phi) is 16.3. The van der Waals surface area contributed by atoms with Crippen molar-refractivity contribution in [3.8, 4) is 0 Å². The lowest BCUT2D eigenvalue weighted by atomic mass is 10.2. The average molecular weight is 487 g/mol. The molecule has 2 nitrogen and oxygen atoms in total. The van der Waals surface area contributed by atoms with Crippen LogP contribution in [0.4, 0.5) is 0 Å². The molecule has 0 aromatic carbocycles. The first kappa shape index (κ1) is 32.4. The van der Waals surface area contributed by atoms with Crippen LogP contribution < -0.4 is 0 Å². The first-order valence-electron chi connectivity index (χ1n) is 14.3. The second-order valence-electron chi connectivity index (χ2n) is 12.4. The summed E-state index contributed by atoms with van der Waals surface area (Å²) in [5, 5.41) is 0. The van der Waals surface area contributed by atoms with Crippen molar-refractivity contribution in [1.82, 2.24) is 0 Å². The highest BCUT2D eigenvalue weighted by Gasteiger charge is 2.39. The van der Waals surface area contributed by atoms with Crippen molar-refractivity contribution < 1.29 is 8.85 Å². The monoisotopic (exact) mass is 486 g/mol. The summed E-state index contributed by atoms with van der Waals surface area (Å²) >= 11 is 0. The molecule has 0 heterocycles. The van der Waals surface area contributed by atoms with E-state index in [1.807, 2.05) is 0 Å². The molecule has 0 aliphatic heterocycles. The van der Waals surface area contributed by atoms with Gasteiger partial charge in [0.2, 0.25) is 0 Å². The molecule has 0 saturated heterocycles. The van der Waals surface area contributed by atoms with Crippen molar-refractivity contribution >= 4 is 16.6 Å². The second-order valence-corrected chi connectivity index (χ2v) is 20.6. The van der Waals surface area contributed by atoms with Gasteiger partial charge in [-0.25, -0.2) is 0 Å². The fourth-order valence-electron chi connectivity index (χ4n) is 5.25. The van der Waals surface area contributed by atoms with Crippen molar-refractivity contribution in [3.63, 3.8) is 0 Å². The number of hydrogen-bond donors (Lipinski definition) is 0. The molecule has 0 aromatic heterocycles. The van der Waals surface area contributed by atoms with E-state index in [0.717, 1.165) is 0 Å². The van der Waals surface area contributed by atoms with Gasteiger partial charge in [0.1, 0.15) is 0 Å². The third-order valence-corrected chi connectivity index (χ3v) is 16.2. The molecule has 4 heteroatoms. The summed E-state index contributed by atoms with van der Waals surface area (Å²) in [7, 11) is -3.38. The van der Waals surface area contributed by atoms with Crippen LogP contribution in [0.2, 0.25) is 36.3 Å². The zero-order valence-electron chi connectivity index (χ0n) is 24.1. The van der Waals surface area contributed by atoms with Crippen LogP contribution in [-0.2, 0) is 8.85 Å². The zero-order chi connectivity index (χ0) is 24.7. The Hall–Kier alpha value is 0.354. The van der Waals surface area contributed by atoms with Crippen LogP contribution >= 0.6 is 0 Å². The van der Waals surface area contributed by atoms with Gasteiger partial charge >= 0.3 is 0 Å². The van der Waals surface area contributed by atoms with Gasteiger partial charge in [0.25, 0.3) is 0 Å². The molecule has 0 saturated carbocycles. The van der Waals surface area contributed by atoms with E-state index in [1.54, 1.807) is 0 Å². The van der Waals surface area contributed by atoms with Crippen LogP contribution in [-0.4, -0.2) is 27.8 Å². The molecule has 0 bridgehead atoms. The van der Waals surface area contributed by atoms with Crippen molar-refractivity contribution in [1.29, 1.82) is 0 Å². The SMILES string of the molecule is CCCC[Si](CCCC)(CCCC[Si](CCCC)(CCCC)OC(C)(C)C)OC(C)(C)C. The Labute approximate surface area is 206 Å². The predicted molar refractivity (Wildman–Crippen MR) is 151 cm³/mol. The first-order chi connectivity index (χ1) is 14.9. The largest absolute Gasteiger partial charge is 0.412 e. The molecule has 0 radical (unpaired) electrons. The summed E-state index contributed by atoms with van der Waals surface area (Å²) in [4.78, 5) is 0. The van der Waals surface area contributed by atoms with Crippen LogP contribution in [0.25, 0.3) is 0 Å². The molecule has 0 aliphatic carbocycles. The molecule has 194 valence electrons. The Balaban J connectivity index is 5.37. The van der Waals surface area contributed by atoms with Gasteiger partial charge < -0.3 is 8.85 Å². The topological polar surface area (TPSA) is 18.5 Å². The van der Waals surface area contributed by atoms with Gasteiger partial charge in [-0.1, -0.05) is 91.9 Å². The van der Waals surface area contributed by atoms with Gasteiger partial charge in [-0.2, -0.15) is 0 Å². The van der Waals surface area contributed by atoms with Crippen LogP contribution in [0.15, 0.2) is 0 Å². The third-order valence-electron chi connectivity index (χ3n) is 6.50. The van der Waals surface area contributed by atoms with Gasteiger partial charge in [0, 0.05) is 11.2 Å². The van der Waals surface area contributed by atoms with E-state index in [4.69, 9.17) is 8.85 Å². The Morgan fingerprint density at radius 1 is 0.406 bits per heavy atom. The summed E-state index contributed by atoms with van der Waals surface area (Å²) in [5.74, 6) is 0. The fraction of sp³-hybridized carbons (Fsp3) is 1.00. The minimum absolute atomic E-state index is 0.0101. The minimum atomic E-state index is -1.69. The molecule has 0 rings (SSSR count). The predicted octanol–water partition coefficient (Wildman–Crippen LogP) is 10.5. The maximum Gasteiger partial charge on any atom is 0.193 e. The summed E-state index contributed by atoms with van der Waals surface area (Å²) in [6, 6.07) is 8.12. The summed E-state index contributed by atoms with van der Waals surface area (Å²) in [6.07, 6.45) is 13.2. The van der Waals surface area contributed by atoms with E-state index in [2.05, 4.69) is 69.2 Å². The molecule has 0 aromatic rings. The highest BCUT2D eigenvalue weighted by atomic mass is 28.4. The first-order valence-corrected chi connectivity index (χ1v) is 19.3. The average Bonchev–Trinajstić information content (AvgIpc) is 2.68. The van der Waals surface area contributed by atoms with Crippen molar-refractivity contribution in [3.05, 3.63) is 0 Å². The number of rotatable bonds is 19. The van der Waals surface area contributed by atoms with E-state index in [1.165, 1.54) is 100 Å². The van der Waals surface area contributed by atoms with E-state index in [-0.39, 0.29) is 11.2 Å². The highest BCUT2D eigenvalue weighted by Crippen LogP contribution is 2.37. The summed E-state index contributed by atoms with van der Waals surface area (Å²) in [5.41, 5.74) is -0.0202. The number of unbranched alkanes of at least 4 members (excludes halogenated alkanes) is 5. The fourth-order valence-corrected chi connectivity index (χ4v) is 15.7. The zero-order valence-corrected chi connectivity index (χ0v) is 26.1. The quantitative estimate of drug-likeness (QED) is 0.133. The van der Waals surface area contributed by atoms with Gasteiger partial charge in [-0.3, -0.25) is 0 Å². The Bertz CT molecular complexity index is 393. The lowest BCUT2D eigenvalue weighted by Crippen LogP contribution is -2.45. The van der Waals surface area contributed by atoms with Crippen molar-refractivity contribution in [2.24, 2.45) is 0 Å². The molecule has 0 unspecified atom stereocenters. The standard InChI is InChI=1S/C28H62O2Si2/c1-11-15-21-31(22-16-12-2,29-27(5,6)7)25-19-20-26-32(23-17-13-3,24-18-14-4)30-28(8,9)10/h11-26H2,1-10H3. The molecular formula is C28H62O2Si2. The van der Waals surface area contributed by atoms with Crippen LogP contribution in [0.1, 0.15) is 133 Å². The van der Waals surface area contributed by atoms with Gasteiger partial charge in [-0.05, 0) is 77.8 Å². The van der Waals surface area contributed by atoms with Crippen LogP contribution in [0.5, 0.6) is 0 Å². The lowest BCUT2D eigenvalue weighted by molar-refractivity contribution is 0.112. The molecule has 0 spiro atoms. The van der Waals surface area contributed by atoms with E-state index < -0.39 is 16.6 Å². The van der Waals surface area contributed by atoms with E-state index in [9.17, 15) is 0 Å². The second kappa shape index (κ2) is 16.1. The highest BCUT2D eigenvalue weighted by molar-refractivity contribution is 6.74. The molecular weight excluding hydrogens is 424 g/mol. The van der Waals surface area contributed by atoms with Crippen LogP contribution in [0.3, 0.4) is 0 Å². The van der Waals surface area contributed by atoms with E-state index >= 15 is 0 Å². The van der Waals surface area contributed by atoms with Crippen molar-refractivity contribution in [2.45, 2.75) is 181 Å². The Morgan fingerprint density at radius 2 is 0.625 bits per heavy atom. The molecule has 0 atom stereocenters. The van der Waals surface area contributed by atoms with Gasteiger partial charge in [-0.15, -0.1) is 0 Å². The van der Waals surface area contributed by atoms with Gasteiger partial charge in [0.15, 0.2) is 16.6 Å². The molecule has 0 N–H and O–H groups in total. The minimum Gasteiger partial charge on any atom is -0.412 e. The molecule has 32 heavy (non-hydrogen) atoms. The maximum atomic E-state index is 6.99. The maximum absolute atomic E-state index is 6.99. The summed E-state index contributed by atoms with van der Waals surface area (Å²) in [6.45, 7) is 23.0. The van der Waals surface area contributed by atoms with Crippen molar-refractivity contribution in [2.75, 3.05) is 0 Å². The molecule has 0 amide bonds.